The van der Waals surface area contributed by atoms with E-state index in [2.05, 4.69) is 23.1 Å². The van der Waals surface area contributed by atoms with Gasteiger partial charge in [0.25, 0.3) is 0 Å². The van der Waals surface area contributed by atoms with Crippen molar-refractivity contribution in [2.45, 2.75) is 56.7 Å². The summed E-state index contributed by atoms with van der Waals surface area (Å²) in [5, 5.41) is 0.959. The van der Waals surface area contributed by atoms with Gasteiger partial charge in [-0.3, -0.25) is 9.89 Å². The molecule has 238 valence electrons. The first-order valence-corrected chi connectivity index (χ1v) is 17.3. The van der Waals surface area contributed by atoms with Gasteiger partial charge >= 0.3 is 5.97 Å². The van der Waals surface area contributed by atoms with Gasteiger partial charge in [-0.15, -0.1) is 11.3 Å². The van der Waals surface area contributed by atoms with Crippen LogP contribution in [-0.2, 0) is 15.9 Å². The third kappa shape index (κ3) is 5.92. The quantitative estimate of drug-likeness (QED) is 0.197. The predicted octanol–water partition coefficient (Wildman–Crippen LogP) is 7.29. The Labute approximate surface area is 273 Å². The van der Waals surface area contributed by atoms with Gasteiger partial charge in [-0.2, -0.15) is 0 Å². The average molecular weight is 638 g/mol. The molecule has 3 atom stereocenters. The Balaban J connectivity index is 0.955. The molecule has 2 saturated heterocycles. The van der Waals surface area contributed by atoms with Crippen LogP contribution in [0.4, 0.5) is 5.69 Å². The molecule has 0 saturated carbocycles. The molecule has 9 heteroatoms. The normalized spacial score (nSPS) is 23.2. The summed E-state index contributed by atoms with van der Waals surface area (Å²) in [6.45, 7) is 4.20. The number of fused-ring (bicyclic) bond motifs is 3. The summed E-state index contributed by atoms with van der Waals surface area (Å²) in [6.07, 6.45) is 6.30. The van der Waals surface area contributed by atoms with E-state index < -0.39 is 0 Å². The van der Waals surface area contributed by atoms with Crippen LogP contribution in [0.25, 0.3) is 10.2 Å². The maximum atomic E-state index is 12.2. The lowest BCUT2D eigenvalue weighted by Gasteiger charge is -2.36. The summed E-state index contributed by atoms with van der Waals surface area (Å²) in [4.78, 5) is 24.8. The van der Waals surface area contributed by atoms with Gasteiger partial charge in [0.2, 0.25) is 0 Å². The Morgan fingerprint density at radius 2 is 1.91 bits per heavy atom. The Morgan fingerprint density at radius 1 is 1.04 bits per heavy atom. The Bertz CT molecular complexity index is 1740. The number of aromatic nitrogens is 1. The zero-order valence-electron chi connectivity index (χ0n) is 26.2. The van der Waals surface area contributed by atoms with Crippen LogP contribution in [0.15, 0.2) is 65.7 Å². The van der Waals surface area contributed by atoms with E-state index in [0.29, 0.717) is 30.1 Å². The minimum atomic E-state index is -0.303. The number of ether oxygens (including phenoxy) is 4. The van der Waals surface area contributed by atoms with Crippen molar-refractivity contribution in [3.05, 3.63) is 82.4 Å². The van der Waals surface area contributed by atoms with Crippen molar-refractivity contribution >= 4 is 38.9 Å². The number of rotatable bonds is 7. The maximum Gasteiger partial charge on any atom is 0.337 e. The second kappa shape index (κ2) is 12.8. The van der Waals surface area contributed by atoms with Crippen molar-refractivity contribution in [1.82, 2.24) is 9.88 Å². The number of likely N-dealkylation sites (tertiary alicyclic amines) is 1. The van der Waals surface area contributed by atoms with Gasteiger partial charge in [-0.25, -0.2) is 9.78 Å². The van der Waals surface area contributed by atoms with Gasteiger partial charge < -0.3 is 18.9 Å². The van der Waals surface area contributed by atoms with Gasteiger partial charge in [0.1, 0.15) is 11.6 Å². The van der Waals surface area contributed by atoms with Crippen molar-refractivity contribution < 1.29 is 23.7 Å². The summed E-state index contributed by atoms with van der Waals surface area (Å²) in [6, 6.07) is 20.3. The third-order valence-electron chi connectivity index (χ3n) is 10.00. The fourth-order valence-corrected chi connectivity index (χ4v) is 8.30. The van der Waals surface area contributed by atoms with Crippen LogP contribution < -0.4 is 9.47 Å². The number of hydrogen-bond acceptors (Lipinski definition) is 9. The average Bonchev–Trinajstić information content (AvgIpc) is 3.44. The van der Waals surface area contributed by atoms with Gasteiger partial charge in [-0.05, 0) is 99.5 Å². The molecule has 0 radical (unpaired) electrons. The standard InChI is InChI=1S/C37H39N3O5S/c1-42-37(41)26-11-12-29-24(19-26)9-10-25(20-27-15-18-43-27)31(38-29)21-40-16-13-23(14-17-40)28-5-4-7-32-35(28)44-22-33(45-32)36-39-30-6-2-3-8-34(30)46-36/h2-8,11-12,19,23,25,27,33H,9-10,13-18,20-22H2,1H3. The molecule has 8 nitrogen and oxygen atoms in total. The SMILES string of the molecule is COC(=O)c1ccc2c(c1)CCC(CC1CCO1)C(CN1CCC(c3cccc4c3OCC(c3nc5ccccc5s3)O4)CC1)=N2. The molecule has 0 bridgehead atoms. The number of carbonyl (C=O) groups is 1. The molecular formula is C37H39N3O5S. The van der Waals surface area contributed by atoms with E-state index >= 15 is 0 Å². The molecule has 5 heterocycles. The van der Waals surface area contributed by atoms with Crippen molar-refractivity contribution in [2.24, 2.45) is 10.9 Å². The van der Waals surface area contributed by atoms with Crippen LogP contribution in [0.1, 0.15) is 70.6 Å². The molecule has 46 heavy (non-hydrogen) atoms. The molecule has 4 aliphatic heterocycles. The fourth-order valence-electron chi connectivity index (χ4n) is 7.32. The van der Waals surface area contributed by atoms with Gasteiger partial charge in [0, 0.05) is 30.3 Å². The molecule has 3 aromatic carbocycles. The molecule has 2 fully saturated rings. The topological polar surface area (TPSA) is 82.5 Å². The van der Waals surface area contributed by atoms with E-state index in [-0.39, 0.29) is 12.1 Å². The summed E-state index contributed by atoms with van der Waals surface area (Å²) in [7, 11) is 1.43. The number of aliphatic imine (C=N–C) groups is 1. The summed E-state index contributed by atoms with van der Waals surface area (Å²) in [5.41, 5.74) is 6.19. The number of nitrogens with zero attached hydrogens (tertiary/aromatic N) is 3. The van der Waals surface area contributed by atoms with E-state index in [9.17, 15) is 4.79 Å². The smallest absolute Gasteiger partial charge is 0.337 e. The molecule has 0 N–H and O–H groups in total. The number of benzene rings is 3. The van der Waals surface area contributed by atoms with Crippen LogP contribution in [0.5, 0.6) is 11.5 Å². The van der Waals surface area contributed by atoms with Crippen LogP contribution in [0, 0.1) is 5.92 Å². The monoisotopic (exact) mass is 637 g/mol. The van der Waals surface area contributed by atoms with E-state index in [1.807, 2.05) is 42.5 Å². The van der Waals surface area contributed by atoms with Gasteiger partial charge in [-0.1, -0.05) is 24.3 Å². The number of esters is 1. The maximum absolute atomic E-state index is 12.2. The lowest BCUT2D eigenvalue weighted by molar-refractivity contribution is -0.0593. The molecule has 4 aromatic rings. The molecule has 0 amide bonds. The minimum absolute atomic E-state index is 0.196. The van der Waals surface area contributed by atoms with E-state index in [1.165, 1.54) is 23.1 Å². The third-order valence-corrected chi connectivity index (χ3v) is 11.1. The summed E-state index contributed by atoms with van der Waals surface area (Å²) < 4.78 is 24.9. The first kappa shape index (κ1) is 29.6. The predicted molar refractivity (Wildman–Crippen MR) is 179 cm³/mol. The van der Waals surface area contributed by atoms with Gasteiger partial charge in [0.05, 0.1) is 34.7 Å². The molecule has 1 aromatic heterocycles. The second-order valence-electron chi connectivity index (χ2n) is 12.9. The lowest BCUT2D eigenvalue weighted by atomic mass is 9.86. The number of thiazole rings is 1. The van der Waals surface area contributed by atoms with Crippen LogP contribution in [0.2, 0.25) is 0 Å². The van der Waals surface area contributed by atoms with Crippen molar-refractivity contribution in [2.75, 3.05) is 40.0 Å². The van der Waals surface area contributed by atoms with Crippen LogP contribution in [-0.4, -0.2) is 67.6 Å². The number of carbonyl (C=O) groups excluding carboxylic acids is 1. The van der Waals surface area contributed by atoms with Crippen molar-refractivity contribution in [3.63, 3.8) is 0 Å². The van der Waals surface area contributed by atoms with E-state index in [1.54, 1.807) is 11.3 Å². The highest BCUT2D eigenvalue weighted by molar-refractivity contribution is 7.18. The Morgan fingerprint density at radius 3 is 2.72 bits per heavy atom. The highest BCUT2D eigenvalue weighted by atomic mass is 32.1. The highest BCUT2D eigenvalue weighted by Crippen LogP contribution is 2.45. The number of aryl methyl sites for hydroxylation is 1. The van der Waals surface area contributed by atoms with Crippen molar-refractivity contribution in [1.29, 1.82) is 0 Å². The number of para-hydroxylation sites is 2. The first-order chi connectivity index (χ1) is 22.6. The molecule has 8 rings (SSSR count). The van der Waals surface area contributed by atoms with Gasteiger partial charge in [0.15, 0.2) is 17.6 Å². The second-order valence-corrected chi connectivity index (χ2v) is 13.9. The molecule has 0 spiro atoms. The molecular weight excluding hydrogens is 598 g/mol. The zero-order valence-corrected chi connectivity index (χ0v) is 27.0. The van der Waals surface area contributed by atoms with E-state index in [4.69, 9.17) is 28.9 Å². The fraction of sp³-hybridized carbons (Fsp3) is 0.432. The van der Waals surface area contributed by atoms with E-state index in [0.717, 1.165) is 98.0 Å². The zero-order chi connectivity index (χ0) is 31.0. The summed E-state index contributed by atoms with van der Waals surface area (Å²) in [5.74, 6) is 2.20. The lowest BCUT2D eigenvalue weighted by Crippen LogP contribution is -2.40. The number of piperidine rings is 1. The highest BCUT2D eigenvalue weighted by Gasteiger charge is 2.33. The summed E-state index contributed by atoms with van der Waals surface area (Å²) >= 11 is 1.68. The molecule has 0 aliphatic carbocycles. The largest absolute Gasteiger partial charge is 0.485 e. The molecule has 4 aliphatic rings. The first-order valence-electron chi connectivity index (χ1n) is 16.5. The van der Waals surface area contributed by atoms with Crippen LogP contribution >= 0.6 is 11.3 Å². The van der Waals surface area contributed by atoms with Crippen molar-refractivity contribution in [3.8, 4) is 11.5 Å². The number of hydrogen-bond donors (Lipinski definition) is 0. The molecule has 3 unspecified atom stereocenters. The number of methoxy groups -OCH3 is 1. The Kier molecular flexibility index (Phi) is 8.22. The Hall–Kier alpha value is -3.79. The van der Waals surface area contributed by atoms with Crippen LogP contribution in [0.3, 0.4) is 0 Å². The minimum Gasteiger partial charge on any atom is -0.485 e.